The van der Waals surface area contributed by atoms with Crippen LogP contribution in [0.1, 0.15) is 36.3 Å². The van der Waals surface area contributed by atoms with E-state index in [4.69, 9.17) is 5.11 Å². The molecule has 1 N–H and O–H groups in total. The Hall–Kier alpha value is -1.60. The summed E-state index contributed by atoms with van der Waals surface area (Å²) in [7, 11) is -2.23. The second-order valence-electron chi connectivity index (χ2n) is 5.22. The molecule has 1 saturated carbocycles. The van der Waals surface area contributed by atoms with E-state index >= 15 is 0 Å². The number of hydrogen-bond acceptors (Lipinski definition) is 3. The number of rotatable bonds is 6. The molecule has 0 aromatic carbocycles. The van der Waals surface area contributed by atoms with Crippen molar-refractivity contribution in [1.82, 2.24) is 8.87 Å². The highest BCUT2D eigenvalue weighted by Gasteiger charge is 2.31. The molecular formula is C13H18N2O4S. The van der Waals surface area contributed by atoms with E-state index in [2.05, 4.69) is 6.58 Å². The Kier molecular flexibility index (Phi) is 3.75. The first-order valence-corrected chi connectivity index (χ1v) is 7.73. The van der Waals surface area contributed by atoms with E-state index in [9.17, 15) is 13.2 Å². The summed E-state index contributed by atoms with van der Waals surface area (Å²) in [5.74, 6) is -1.11. The summed E-state index contributed by atoms with van der Waals surface area (Å²) in [6.07, 6.45) is 3.19. The van der Waals surface area contributed by atoms with Gasteiger partial charge in [0.1, 0.15) is 10.6 Å². The number of likely N-dealkylation sites (N-methyl/N-ethyl adjacent to an activating group) is 1. The molecule has 0 aliphatic heterocycles. The second-order valence-corrected chi connectivity index (χ2v) is 7.27. The summed E-state index contributed by atoms with van der Waals surface area (Å²) in [5, 5.41) is 9.16. The number of sulfonamides is 1. The van der Waals surface area contributed by atoms with Gasteiger partial charge in [-0.2, -0.15) is 4.31 Å². The fraction of sp³-hybridized carbons (Fsp3) is 0.462. The van der Waals surface area contributed by atoms with Crippen LogP contribution >= 0.6 is 0 Å². The number of aromatic carboxylic acids is 1. The lowest BCUT2D eigenvalue weighted by Crippen LogP contribution is -2.28. The van der Waals surface area contributed by atoms with Crippen LogP contribution in [0.15, 0.2) is 29.3 Å². The second kappa shape index (κ2) is 5.06. The number of carboxylic acid groups (broad SMARTS) is 1. The van der Waals surface area contributed by atoms with E-state index < -0.39 is 16.0 Å². The Morgan fingerprint density at radius 1 is 1.55 bits per heavy atom. The third kappa shape index (κ3) is 2.78. The number of aromatic nitrogens is 1. The van der Waals surface area contributed by atoms with Gasteiger partial charge in [0.25, 0.3) is 0 Å². The summed E-state index contributed by atoms with van der Waals surface area (Å²) in [5.41, 5.74) is 0.742. The van der Waals surface area contributed by atoms with Gasteiger partial charge in [0.05, 0.1) is 0 Å². The first-order valence-electron chi connectivity index (χ1n) is 6.29. The summed E-state index contributed by atoms with van der Waals surface area (Å²) in [6.45, 7) is 5.63. The molecule has 1 heterocycles. The van der Waals surface area contributed by atoms with E-state index in [1.54, 1.807) is 11.5 Å². The SMILES string of the molecule is C=C(C)CN(C)S(=O)(=O)c1cc(C(=O)O)n(C2CC2)c1. The minimum absolute atomic E-state index is 0.0190. The molecular weight excluding hydrogens is 280 g/mol. The maximum Gasteiger partial charge on any atom is 0.352 e. The number of carbonyl (C=O) groups is 1. The van der Waals surface area contributed by atoms with E-state index in [1.165, 1.54) is 23.6 Å². The van der Waals surface area contributed by atoms with Gasteiger partial charge in [-0.3, -0.25) is 0 Å². The fourth-order valence-electron chi connectivity index (χ4n) is 2.07. The molecule has 110 valence electrons. The minimum atomic E-state index is -3.69. The van der Waals surface area contributed by atoms with Crippen molar-refractivity contribution in [2.45, 2.75) is 30.7 Å². The van der Waals surface area contributed by atoms with Crippen LogP contribution in [0.2, 0.25) is 0 Å². The predicted molar refractivity (Wildman–Crippen MR) is 74.3 cm³/mol. The van der Waals surface area contributed by atoms with Crippen molar-refractivity contribution in [2.24, 2.45) is 0 Å². The maximum atomic E-state index is 12.4. The maximum absolute atomic E-state index is 12.4. The molecule has 0 bridgehead atoms. The van der Waals surface area contributed by atoms with Crippen molar-refractivity contribution in [1.29, 1.82) is 0 Å². The zero-order valence-electron chi connectivity index (χ0n) is 11.5. The molecule has 0 saturated heterocycles. The van der Waals surface area contributed by atoms with Crippen molar-refractivity contribution in [3.05, 3.63) is 30.1 Å². The first kappa shape index (κ1) is 14.8. The van der Waals surface area contributed by atoms with Crippen LogP contribution in [0.25, 0.3) is 0 Å². The highest BCUT2D eigenvalue weighted by Crippen LogP contribution is 2.37. The smallest absolute Gasteiger partial charge is 0.352 e. The molecule has 6 nitrogen and oxygen atoms in total. The lowest BCUT2D eigenvalue weighted by Gasteiger charge is -2.15. The molecule has 0 spiro atoms. The van der Waals surface area contributed by atoms with E-state index in [0.29, 0.717) is 0 Å². The average Bonchev–Trinajstić information content (AvgIpc) is 3.06. The van der Waals surface area contributed by atoms with Crippen molar-refractivity contribution < 1.29 is 18.3 Å². The Balaban J connectivity index is 2.39. The van der Waals surface area contributed by atoms with Crippen LogP contribution < -0.4 is 0 Å². The summed E-state index contributed by atoms with van der Waals surface area (Å²) in [6, 6.07) is 1.33. The molecule has 2 rings (SSSR count). The topological polar surface area (TPSA) is 79.6 Å². The van der Waals surface area contributed by atoms with Gasteiger partial charge in [-0.15, -0.1) is 0 Å². The number of hydrogen-bond donors (Lipinski definition) is 1. The van der Waals surface area contributed by atoms with Crippen LogP contribution in [0.5, 0.6) is 0 Å². The zero-order chi connectivity index (χ0) is 15.1. The quantitative estimate of drug-likeness (QED) is 0.811. The van der Waals surface area contributed by atoms with Crippen molar-refractivity contribution in [3.8, 4) is 0 Å². The molecule has 1 aromatic rings. The number of carboxylic acids is 1. The van der Waals surface area contributed by atoms with Crippen LogP contribution in [0, 0.1) is 0 Å². The first-order chi connectivity index (χ1) is 9.23. The van der Waals surface area contributed by atoms with Crippen molar-refractivity contribution in [2.75, 3.05) is 13.6 Å². The van der Waals surface area contributed by atoms with Gasteiger partial charge in [0.15, 0.2) is 0 Å². The Morgan fingerprint density at radius 3 is 2.60 bits per heavy atom. The van der Waals surface area contributed by atoms with Gasteiger partial charge in [-0.1, -0.05) is 12.2 Å². The molecule has 7 heteroatoms. The highest BCUT2D eigenvalue weighted by molar-refractivity contribution is 7.89. The third-order valence-corrected chi connectivity index (χ3v) is 4.95. The summed E-state index contributed by atoms with van der Waals surface area (Å²) >= 11 is 0. The van der Waals surface area contributed by atoms with Gasteiger partial charge >= 0.3 is 5.97 Å². The van der Waals surface area contributed by atoms with Gasteiger partial charge in [0, 0.05) is 25.8 Å². The van der Waals surface area contributed by atoms with Gasteiger partial charge in [0.2, 0.25) is 10.0 Å². The molecule has 1 aromatic heterocycles. The minimum Gasteiger partial charge on any atom is -0.477 e. The van der Waals surface area contributed by atoms with E-state index in [0.717, 1.165) is 18.4 Å². The predicted octanol–water partition coefficient (Wildman–Crippen LogP) is 1.72. The molecule has 0 radical (unpaired) electrons. The average molecular weight is 298 g/mol. The van der Waals surface area contributed by atoms with E-state index in [1.807, 2.05) is 0 Å². The monoisotopic (exact) mass is 298 g/mol. The Morgan fingerprint density at radius 2 is 2.15 bits per heavy atom. The lowest BCUT2D eigenvalue weighted by molar-refractivity contribution is 0.0685. The summed E-state index contributed by atoms with van der Waals surface area (Å²) < 4.78 is 27.5. The molecule has 1 fully saturated rings. The van der Waals surface area contributed by atoms with Crippen molar-refractivity contribution in [3.63, 3.8) is 0 Å². The third-order valence-electron chi connectivity index (χ3n) is 3.18. The van der Waals surface area contributed by atoms with Crippen LogP contribution in [0.4, 0.5) is 0 Å². The molecule has 0 atom stereocenters. The lowest BCUT2D eigenvalue weighted by atomic mass is 10.4. The van der Waals surface area contributed by atoms with Crippen LogP contribution in [0.3, 0.4) is 0 Å². The number of nitrogens with zero attached hydrogens (tertiary/aromatic N) is 2. The Bertz CT molecular complexity index is 656. The molecule has 20 heavy (non-hydrogen) atoms. The van der Waals surface area contributed by atoms with Crippen LogP contribution in [-0.4, -0.2) is 42.0 Å². The molecule has 1 aliphatic rings. The van der Waals surface area contributed by atoms with Gasteiger partial charge in [-0.25, -0.2) is 13.2 Å². The fourth-order valence-corrected chi connectivity index (χ4v) is 3.32. The summed E-state index contributed by atoms with van der Waals surface area (Å²) in [4.78, 5) is 11.2. The molecule has 0 amide bonds. The molecule has 0 unspecified atom stereocenters. The van der Waals surface area contributed by atoms with Gasteiger partial charge < -0.3 is 9.67 Å². The van der Waals surface area contributed by atoms with Crippen molar-refractivity contribution >= 4 is 16.0 Å². The van der Waals surface area contributed by atoms with E-state index in [-0.39, 0.29) is 23.2 Å². The normalized spacial score (nSPS) is 15.6. The zero-order valence-corrected chi connectivity index (χ0v) is 12.4. The largest absolute Gasteiger partial charge is 0.477 e. The van der Waals surface area contributed by atoms with Crippen LogP contribution in [-0.2, 0) is 10.0 Å². The molecule has 1 aliphatic carbocycles. The van der Waals surface area contributed by atoms with Gasteiger partial charge in [-0.05, 0) is 25.8 Å². The standard InChI is InChI=1S/C13H18N2O4S/c1-9(2)7-14(3)20(18,19)11-6-12(13(16)17)15(8-11)10-4-5-10/h6,8,10H,1,4-5,7H2,2-3H3,(H,16,17). The Labute approximate surface area is 118 Å². The highest BCUT2D eigenvalue weighted by atomic mass is 32.2.